The third kappa shape index (κ3) is 3.64. The largest absolute Gasteiger partial charge is 0.465 e. The number of nitrogens with zero attached hydrogens (tertiary/aromatic N) is 1. The summed E-state index contributed by atoms with van der Waals surface area (Å²) in [5.74, 6) is 1.99. The molecule has 2 N–H and O–H groups in total. The van der Waals surface area contributed by atoms with E-state index in [2.05, 4.69) is 24.1 Å². The van der Waals surface area contributed by atoms with E-state index in [4.69, 9.17) is 10.2 Å². The molecule has 3 nitrogen and oxygen atoms in total. The molecule has 0 amide bonds. The standard InChI is InChI=1S/C15H20N2O/c1-12-3-8-15(18-12)11-17(2)10-9-13-4-6-14(16)7-5-13/h3-8H,9-11,16H2,1-2H3. The Balaban J connectivity index is 1.81. The van der Waals surface area contributed by atoms with Gasteiger partial charge in [-0.15, -0.1) is 0 Å². The van der Waals surface area contributed by atoms with Gasteiger partial charge in [0.15, 0.2) is 0 Å². The van der Waals surface area contributed by atoms with Gasteiger partial charge in [0.25, 0.3) is 0 Å². The molecule has 0 spiro atoms. The molecular formula is C15H20N2O. The molecule has 0 radical (unpaired) electrons. The summed E-state index contributed by atoms with van der Waals surface area (Å²) < 4.78 is 5.56. The first-order chi connectivity index (χ1) is 8.63. The fourth-order valence-electron chi connectivity index (χ4n) is 1.92. The van der Waals surface area contributed by atoms with Gasteiger partial charge in [0.1, 0.15) is 11.5 Å². The van der Waals surface area contributed by atoms with Crippen molar-refractivity contribution in [2.75, 3.05) is 19.3 Å². The van der Waals surface area contributed by atoms with E-state index in [0.717, 1.165) is 36.7 Å². The quantitative estimate of drug-likeness (QED) is 0.822. The number of furan rings is 1. The fourth-order valence-corrected chi connectivity index (χ4v) is 1.92. The predicted octanol–water partition coefficient (Wildman–Crippen LogP) is 2.84. The van der Waals surface area contributed by atoms with E-state index in [1.54, 1.807) is 0 Å². The monoisotopic (exact) mass is 244 g/mol. The van der Waals surface area contributed by atoms with Gasteiger partial charge in [0.2, 0.25) is 0 Å². The average molecular weight is 244 g/mol. The maximum atomic E-state index is 5.66. The summed E-state index contributed by atoms with van der Waals surface area (Å²) in [5, 5.41) is 0. The molecule has 0 atom stereocenters. The number of nitrogens with two attached hydrogens (primary N) is 1. The summed E-state index contributed by atoms with van der Waals surface area (Å²) in [7, 11) is 2.11. The minimum absolute atomic E-state index is 0.818. The first-order valence-electron chi connectivity index (χ1n) is 6.22. The number of hydrogen-bond donors (Lipinski definition) is 1. The Morgan fingerprint density at radius 2 is 1.83 bits per heavy atom. The van der Waals surface area contributed by atoms with E-state index in [9.17, 15) is 0 Å². The highest BCUT2D eigenvalue weighted by molar-refractivity contribution is 5.39. The zero-order valence-electron chi connectivity index (χ0n) is 11.0. The van der Waals surface area contributed by atoms with Crippen LogP contribution in [0.3, 0.4) is 0 Å². The van der Waals surface area contributed by atoms with Crippen LogP contribution in [0.15, 0.2) is 40.8 Å². The second-order valence-corrected chi connectivity index (χ2v) is 4.74. The number of likely N-dealkylation sites (N-methyl/N-ethyl adjacent to an activating group) is 1. The molecule has 0 bridgehead atoms. The molecule has 3 heteroatoms. The summed E-state index contributed by atoms with van der Waals surface area (Å²) >= 11 is 0. The number of rotatable bonds is 5. The summed E-state index contributed by atoms with van der Waals surface area (Å²) in [6.45, 7) is 3.82. The zero-order chi connectivity index (χ0) is 13.0. The van der Waals surface area contributed by atoms with Crippen LogP contribution in [0.4, 0.5) is 5.69 Å². The van der Waals surface area contributed by atoms with Crippen LogP contribution in [0.1, 0.15) is 17.1 Å². The Morgan fingerprint density at radius 1 is 1.11 bits per heavy atom. The van der Waals surface area contributed by atoms with Crippen molar-refractivity contribution in [2.24, 2.45) is 0 Å². The molecule has 2 aromatic rings. The predicted molar refractivity (Wildman–Crippen MR) is 74.3 cm³/mol. The molecule has 0 saturated heterocycles. The Morgan fingerprint density at radius 3 is 2.44 bits per heavy atom. The summed E-state index contributed by atoms with van der Waals surface area (Å²) in [4.78, 5) is 2.26. The van der Waals surface area contributed by atoms with E-state index in [0.29, 0.717) is 0 Å². The summed E-state index contributed by atoms with van der Waals surface area (Å²) in [5.41, 5.74) is 7.79. The van der Waals surface area contributed by atoms with Crippen LogP contribution in [0.2, 0.25) is 0 Å². The lowest BCUT2D eigenvalue weighted by Gasteiger charge is -2.15. The van der Waals surface area contributed by atoms with Crippen molar-refractivity contribution in [1.29, 1.82) is 0 Å². The van der Waals surface area contributed by atoms with Gasteiger partial charge in [-0.2, -0.15) is 0 Å². The minimum atomic E-state index is 0.818. The number of anilines is 1. The molecule has 1 aromatic heterocycles. The summed E-state index contributed by atoms with van der Waals surface area (Å²) in [6.07, 6.45) is 1.02. The first kappa shape index (κ1) is 12.7. The minimum Gasteiger partial charge on any atom is -0.465 e. The molecule has 2 rings (SSSR count). The second-order valence-electron chi connectivity index (χ2n) is 4.74. The van der Waals surface area contributed by atoms with Gasteiger partial charge < -0.3 is 10.2 Å². The van der Waals surface area contributed by atoms with Crippen LogP contribution >= 0.6 is 0 Å². The first-order valence-corrected chi connectivity index (χ1v) is 6.22. The Bertz CT molecular complexity index is 487. The third-order valence-corrected chi connectivity index (χ3v) is 2.98. The molecule has 1 heterocycles. The van der Waals surface area contributed by atoms with Crippen LogP contribution in [0.25, 0.3) is 0 Å². The van der Waals surface area contributed by atoms with E-state index < -0.39 is 0 Å². The number of hydrogen-bond acceptors (Lipinski definition) is 3. The van der Waals surface area contributed by atoms with Crippen LogP contribution in [-0.4, -0.2) is 18.5 Å². The fraction of sp³-hybridized carbons (Fsp3) is 0.333. The van der Waals surface area contributed by atoms with E-state index in [1.165, 1.54) is 5.56 Å². The van der Waals surface area contributed by atoms with Gasteiger partial charge in [-0.1, -0.05) is 12.1 Å². The third-order valence-electron chi connectivity index (χ3n) is 2.98. The lowest BCUT2D eigenvalue weighted by atomic mass is 10.1. The van der Waals surface area contributed by atoms with Crippen LogP contribution in [-0.2, 0) is 13.0 Å². The van der Waals surface area contributed by atoms with Crippen molar-refractivity contribution in [3.63, 3.8) is 0 Å². The van der Waals surface area contributed by atoms with E-state index >= 15 is 0 Å². The molecule has 0 aliphatic rings. The van der Waals surface area contributed by atoms with Crippen LogP contribution in [0, 0.1) is 6.92 Å². The highest BCUT2D eigenvalue weighted by Crippen LogP contribution is 2.10. The van der Waals surface area contributed by atoms with Gasteiger partial charge in [0, 0.05) is 12.2 Å². The summed E-state index contributed by atoms with van der Waals surface area (Å²) in [6, 6.07) is 12.1. The van der Waals surface area contributed by atoms with E-state index in [-0.39, 0.29) is 0 Å². The van der Waals surface area contributed by atoms with Gasteiger partial charge >= 0.3 is 0 Å². The van der Waals surface area contributed by atoms with Crippen molar-refractivity contribution in [3.05, 3.63) is 53.5 Å². The molecule has 0 saturated carbocycles. The molecule has 1 aromatic carbocycles. The van der Waals surface area contributed by atoms with Crippen molar-refractivity contribution in [1.82, 2.24) is 4.90 Å². The molecule has 0 fully saturated rings. The van der Waals surface area contributed by atoms with Gasteiger partial charge in [-0.05, 0) is 50.2 Å². The molecule has 0 aliphatic heterocycles. The highest BCUT2D eigenvalue weighted by atomic mass is 16.3. The number of benzene rings is 1. The molecule has 0 unspecified atom stereocenters. The lowest BCUT2D eigenvalue weighted by molar-refractivity contribution is 0.295. The smallest absolute Gasteiger partial charge is 0.118 e. The Labute approximate surface area is 108 Å². The number of nitrogen functional groups attached to an aromatic ring is 1. The lowest BCUT2D eigenvalue weighted by Crippen LogP contribution is -2.20. The van der Waals surface area contributed by atoms with Gasteiger partial charge in [0.05, 0.1) is 6.54 Å². The highest BCUT2D eigenvalue weighted by Gasteiger charge is 2.04. The maximum absolute atomic E-state index is 5.66. The van der Waals surface area contributed by atoms with Crippen LogP contribution in [0.5, 0.6) is 0 Å². The van der Waals surface area contributed by atoms with E-state index in [1.807, 2.05) is 31.2 Å². The van der Waals surface area contributed by atoms with Crippen molar-refractivity contribution in [3.8, 4) is 0 Å². The Hall–Kier alpha value is -1.74. The number of aryl methyl sites for hydroxylation is 1. The Kier molecular flexibility index (Phi) is 4.05. The topological polar surface area (TPSA) is 42.4 Å². The molecule has 0 aliphatic carbocycles. The normalized spacial score (nSPS) is 11.1. The van der Waals surface area contributed by atoms with Crippen molar-refractivity contribution < 1.29 is 4.42 Å². The van der Waals surface area contributed by atoms with Crippen molar-refractivity contribution >= 4 is 5.69 Å². The molecule has 96 valence electrons. The van der Waals surface area contributed by atoms with Gasteiger partial charge in [-0.3, -0.25) is 4.90 Å². The molecule has 18 heavy (non-hydrogen) atoms. The SMILES string of the molecule is Cc1ccc(CN(C)CCc2ccc(N)cc2)o1. The second kappa shape index (κ2) is 5.74. The average Bonchev–Trinajstić information content (AvgIpc) is 2.74. The maximum Gasteiger partial charge on any atom is 0.118 e. The molecular weight excluding hydrogens is 224 g/mol. The van der Waals surface area contributed by atoms with Crippen molar-refractivity contribution in [2.45, 2.75) is 19.9 Å². The van der Waals surface area contributed by atoms with Crippen LogP contribution < -0.4 is 5.73 Å². The van der Waals surface area contributed by atoms with Gasteiger partial charge in [-0.25, -0.2) is 0 Å². The zero-order valence-corrected chi connectivity index (χ0v) is 11.0.